The molecule has 31 heavy (non-hydrogen) atoms. The van der Waals surface area contributed by atoms with Crippen LogP contribution in [0.15, 0.2) is 52.3 Å². The molecule has 0 aliphatic heterocycles. The summed E-state index contributed by atoms with van der Waals surface area (Å²) in [6.45, 7) is 5.09. The van der Waals surface area contributed by atoms with E-state index >= 15 is 0 Å². The number of carbonyl (C=O) groups excluding carboxylic acids is 1. The van der Waals surface area contributed by atoms with Crippen LogP contribution in [0.3, 0.4) is 0 Å². The molecule has 2 aromatic rings. The summed E-state index contributed by atoms with van der Waals surface area (Å²) in [5, 5.41) is 5.19. The van der Waals surface area contributed by atoms with Crippen LogP contribution in [-0.2, 0) is 20.0 Å². The Balaban J connectivity index is 2.41. The number of hydrogen-bond donors (Lipinski definition) is 2. The molecule has 3 N–H and O–H groups in total. The molecule has 0 aliphatic rings. The van der Waals surface area contributed by atoms with Gasteiger partial charge in [0, 0.05) is 18.7 Å². The summed E-state index contributed by atoms with van der Waals surface area (Å²) in [5.74, 6) is -0.335. The Morgan fingerprint density at radius 3 is 2.26 bits per heavy atom. The maximum Gasteiger partial charge on any atom is 0.254 e. The molecule has 0 bridgehead atoms. The average Bonchev–Trinajstić information content (AvgIpc) is 2.70. The van der Waals surface area contributed by atoms with Gasteiger partial charge in [0.2, 0.25) is 20.0 Å². The van der Waals surface area contributed by atoms with Gasteiger partial charge in [0.1, 0.15) is 10.6 Å². The van der Waals surface area contributed by atoms with Gasteiger partial charge in [-0.25, -0.2) is 26.7 Å². The Morgan fingerprint density at radius 2 is 1.71 bits per heavy atom. The van der Waals surface area contributed by atoms with Gasteiger partial charge in [0.15, 0.2) is 0 Å². The van der Waals surface area contributed by atoms with Gasteiger partial charge in [0.25, 0.3) is 5.91 Å². The van der Waals surface area contributed by atoms with Gasteiger partial charge in [0.05, 0.1) is 18.0 Å². The molecule has 170 valence electrons. The van der Waals surface area contributed by atoms with Gasteiger partial charge in [-0.1, -0.05) is 12.1 Å². The molecule has 1 unspecified atom stereocenters. The number of methoxy groups -OCH3 is 1. The number of primary sulfonamides is 1. The van der Waals surface area contributed by atoms with Crippen LogP contribution >= 0.6 is 0 Å². The number of ether oxygens (including phenoxy) is 1. The van der Waals surface area contributed by atoms with Crippen LogP contribution in [0.1, 0.15) is 42.7 Å². The second kappa shape index (κ2) is 9.35. The Hall–Kier alpha value is -2.47. The zero-order valence-electron chi connectivity index (χ0n) is 18.0. The van der Waals surface area contributed by atoms with Crippen LogP contribution in [0, 0.1) is 0 Å². The first kappa shape index (κ1) is 24.8. The largest absolute Gasteiger partial charge is 0.495 e. The minimum absolute atomic E-state index is 0.0599. The van der Waals surface area contributed by atoms with Gasteiger partial charge >= 0.3 is 0 Å². The summed E-state index contributed by atoms with van der Waals surface area (Å²) in [6, 6.07) is 9.29. The van der Waals surface area contributed by atoms with Crippen LogP contribution < -0.4 is 14.6 Å². The van der Waals surface area contributed by atoms with E-state index in [0.29, 0.717) is 5.56 Å². The minimum atomic E-state index is -3.90. The topological polar surface area (TPSA) is 136 Å². The molecule has 0 saturated heterocycles. The number of nitrogens with one attached hydrogen (secondary N) is 1. The molecule has 11 heteroatoms. The monoisotopic (exact) mass is 469 g/mol. The van der Waals surface area contributed by atoms with E-state index in [0.717, 1.165) is 0 Å². The highest BCUT2D eigenvalue weighted by Crippen LogP contribution is 2.28. The van der Waals surface area contributed by atoms with Gasteiger partial charge in [-0.05, 0) is 56.7 Å². The summed E-state index contributed by atoms with van der Waals surface area (Å²) in [4.78, 5) is 14.2. The molecule has 9 nitrogen and oxygen atoms in total. The molecule has 0 fully saturated rings. The first-order chi connectivity index (χ1) is 14.3. The highest BCUT2D eigenvalue weighted by Gasteiger charge is 2.25. The third-order valence-corrected chi connectivity index (χ3v) is 7.25. The van der Waals surface area contributed by atoms with Crippen LogP contribution in [0.5, 0.6) is 5.75 Å². The number of carbonyl (C=O) groups is 1. The number of nitrogens with two attached hydrogens (primary N) is 1. The van der Waals surface area contributed by atoms with E-state index in [1.165, 1.54) is 42.3 Å². The molecule has 0 heterocycles. The summed E-state index contributed by atoms with van der Waals surface area (Å²) in [6.07, 6.45) is 0. The molecule has 0 aromatic heterocycles. The Bertz CT molecular complexity index is 1180. The molecule has 1 atom stereocenters. The second-order valence-corrected chi connectivity index (χ2v) is 10.6. The summed E-state index contributed by atoms with van der Waals surface area (Å²) < 4.78 is 56.2. The number of benzene rings is 2. The van der Waals surface area contributed by atoms with Crippen molar-refractivity contribution in [2.75, 3.05) is 14.2 Å². The third-order valence-electron chi connectivity index (χ3n) is 4.66. The highest BCUT2D eigenvalue weighted by molar-refractivity contribution is 7.89. The number of rotatable bonds is 8. The van der Waals surface area contributed by atoms with Crippen molar-refractivity contribution in [3.8, 4) is 5.75 Å². The van der Waals surface area contributed by atoms with E-state index in [4.69, 9.17) is 9.88 Å². The molecule has 0 saturated carbocycles. The molecule has 1 amide bonds. The zero-order chi connectivity index (χ0) is 23.6. The quantitative estimate of drug-likeness (QED) is 0.606. The Kier molecular flexibility index (Phi) is 7.48. The van der Waals surface area contributed by atoms with E-state index in [2.05, 4.69) is 4.72 Å². The van der Waals surface area contributed by atoms with E-state index in [1.54, 1.807) is 40.0 Å². The van der Waals surface area contributed by atoms with Crippen LogP contribution in [0.4, 0.5) is 0 Å². The highest BCUT2D eigenvalue weighted by atomic mass is 32.2. The summed E-state index contributed by atoms with van der Waals surface area (Å²) in [5.41, 5.74) is 0.701. The van der Waals surface area contributed by atoms with Crippen LogP contribution in [-0.4, -0.2) is 47.8 Å². The standard InChI is InChI=1S/C20H27N3O6S2/c1-13(2)22-31(27,28)19-12-16(9-10-18(19)29-5)20(24)23(4)14(3)15-7-6-8-17(11-15)30(21,25)26/h6-14,22H,1-5H3,(H2,21,25,26). The maximum absolute atomic E-state index is 13.1. The second-order valence-electron chi connectivity index (χ2n) is 7.35. The van der Waals surface area contributed by atoms with E-state index in [1.807, 2.05) is 0 Å². The van der Waals surface area contributed by atoms with Gasteiger partial charge in [-0.15, -0.1) is 0 Å². The zero-order valence-corrected chi connectivity index (χ0v) is 19.6. The Labute approximate surface area is 183 Å². The molecule has 2 rings (SSSR count). The van der Waals surface area contributed by atoms with Crippen molar-refractivity contribution >= 4 is 26.0 Å². The fraction of sp³-hybridized carbons (Fsp3) is 0.350. The van der Waals surface area contributed by atoms with E-state index < -0.39 is 32.0 Å². The first-order valence-corrected chi connectivity index (χ1v) is 12.4. The molecule has 0 radical (unpaired) electrons. The molecular weight excluding hydrogens is 442 g/mol. The third kappa shape index (κ3) is 5.82. The Morgan fingerprint density at radius 1 is 1.06 bits per heavy atom. The number of sulfonamides is 2. The summed E-state index contributed by atoms with van der Waals surface area (Å²) >= 11 is 0. The van der Waals surface area contributed by atoms with Crippen molar-refractivity contribution in [3.05, 3.63) is 53.6 Å². The number of amides is 1. The average molecular weight is 470 g/mol. The van der Waals surface area contributed by atoms with Gasteiger partial charge in [-0.2, -0.15) is 0 Å². The van der Waals surface area contributed by atoms with Crippen molar-refractivity contribution in [1.82, 2.24) is 9.62 Å². The lowest BCUT2D eigenvalue weighted by Crippen LogP contribution is -2.32. The predicted octanol–water partition coefficient (Wildman–Crippen LogP) is 1.86. The van der Waals surface area contributed by atoms with E-state index in [-0.39, 0.29) is 27.1 Å². The van der Waals surface area contributed by atoms with Crippen molar-refractivity contribution in [2.24, 2.45) is 5.14 Å². The van der Waals surface area contributed by atoms with E-state index in [9.17, 15) is 21.6 Å². The molecule has 0 aliphatic carbocycles. The van der Waals surface area contributed by atoms with Crippen LogP contribution in [0.25, 0.3) is 0 Å². The fourth-order valence-electron chi connectivity index (χ4n) is 2.95. The smallest absolute Gasteiger partial charge is 0.254 e. The summed E-state index contributed by atoms with van der Waals surface area (Å²) in [7, 11) is -4.90. The normalized spacial score (nSPS) is 13.1. The lowest BCUT2D eigenvalue weighted by atomic mass is 10.1. The van der Waals surface area contributed by atoms with Gasteiger partial charge < -0.3 is 9.64 Å². The SMILES string of the molecule is COc1ccc(C(=O)N(C)C(C)c2cccc(S(N)(=O)=O)c2)cc1S(=O)(=O)NC(C)C. The fourth-order valence-corrected chi connectivity index (χ4v) is 4.96. The first-order valence-electron chi connectivity index (χ1n) is 9.38. The molecule has 0 spiro atoms. The molecular formula is C20H27N3O6S2. The van der Waals surface area contributed by atoms with Crippen LogP contribution in [0.2, 0.25) is 0 Å². The number of nitrogens with zero attached hydrogens (tertiary/aromatic N) is 1. The number of hydrogen-bond acceptors (Lipinski definition) is 6. The minimum Gasteiger partial charge on any atom is -0.495 e. The van der Waals surface area contributed by atoms with Crippen molar-refractivity contribution in [1.29, 1.82) is 0 Å². The van der Waals surface area contributed by atoms with Gasteiger partial charge in [-0.3, -0.25) is 4.79 Å². The predicted molar refractivity (Wildman–Crippen MR) is 117 cm³/mol. The van der Waals surface area contributed by atoms with Crippen molar-refractivity contribution < 1.29 is 26.4 Å². The van der Waals surface area contributed by atoms with Crippen molar-refractivity contribution in [2.45, 2.75) is 42.6 Å². The van der Waals surface area contributed by atoms with Crippen molar-refractivity contribution in [3.63, 3.8) is 0 Å². The molecule has 2 aromatic carbocycles. The lowest BCUT2D eigenvalue weighted by molar-refractivity contribution is 0.0742. The lowest BCUT2D eigenvalue weighted by Gasteiger charge is -2.26. The maximum atomic E-state index is 13.1.